The van der Waals surface area contributed by atoms with E-state index in [1.54, 1.807) is 12.1 Å². The average Bonchev–Trinajstić information content (AvgIpc) is 3.12. The second-order valence-electron chi connectivity index (χ2n) is 11.5. The Morgan fingerprint density at radius 3 is 2.02 bits per heavy atom. The second-order valence-corrected chi connectivity index (χ2v) is 11.5. The normalized spacial score (nSPS) is 12.0. The summed E-state index contributed by atoms with van der Waals surface area (Å²) in [6.45, 7) is 0.326. The van der Waals surface area contributed by atoms with Crippen LogP contribution in [0.25, 0.3) is 17.2 Å². The number of methoxy groups -OCH3 is 1. The van der Waals surface area contributed by atoms with Gasteiger partial charge in [-0.25, -0.2) is 4.79 Å². The number of para-hydroxylation sites is 1. The van der Waals surface area contributed by atoms with Crippen LogP contribution in [0, 0.1) is 17.2 Å². The molecule has 0 N–H and O–H groups in total. The van der Waals surface area contributed by atoms with E-state index in [4.69, 9.17) is 14.7 Å². The van der Waals surface area contributed by atoms with Crippen LogP contribution in [0.15, 0.2) is 127 Å². The van der Waals surface area contributed by atoms with Crippen LogP contribution < -0.4 is 4.74 Å². The number of halogens is 3. The lowest BCUT2D eigenvalue weighted by atomic mass is 9.91. The predicted octanol–water partition coefficient (Wildman–Crippen LogP) is 10.1. The molecule has 48 heavy (non-hydrogen) atoms. The Morgan fingerprint density at radius 2 is 1.40 bits per heavy atom. The Kier molecular flexibility index (Phi) is 11.1. The molecule has 242 valence electrons. The van der Waals surface area contributed by atoms with E-state index in [1.807, 2.05) is 84.9 Å². The van der Waals surface area contributed by atoms with Crippen LogP contribution >= 0.6 is 0 Å². The van der Waals surface area contributed by atoms with Crippen LogP contribution in [-0.2, 0) is 30.4 Å². The molecular formula is C41H34F3NO3. The molecule has 1 atom stereocenters. The van der Waals surface area contributed by atoms with Gasteiger partial charge in [-0.05, 0) is 95.5 Å². The van der Waals surface area contributed by atoms with Gasteiger partial charge in [0.1, 0.15) is 12.4 Å². The van der Waals surface area contributed by atoms with Crippen molar-refractivity contribution in [2.75, 3.05) is 7.11 Å². The number of rotatable bonds is 12. The number of esters is 1. The minimum Gasteiger partial charge on any atom is -0.488 e. The minimum atomic E-state index is -4.36. The number of carbonyl (C=O) groups is 1. The molecule has 0 amide bonds. The van der Waals surface area contributed by atoms with Crippen molar-refractivity contribution >= 4 is 12.0 Å². The van der Waals surface area contributed by atoms with Crippen molar-refractivity contribution in [3.63, 3.8) is 0 Å². The molecule has 0 aliphatic rings. The Hall–Kier alpha value is -5.61. The molecule has 0 aromatic heterocycles. The number of benzene rings is 5. The number of nitrogens with zero attached hydrogens (tertiary/aromatic N) is 1. The van der Waals surface area contributed by atoms with Crippen molar-refractivity contribution < 1.29 is 27.4 Å². The van der Waals surface area contributed by atoms with Crippen LogP contribution in [0.3, 0.4) is 0 Å². The predicted molar refractivity (Wildman–Crippen MR) is 181 cm³/mol. The van der Waals surface area contributed by atoms with Crippen molar-refractivity contribution in [3.05, 3.63) is 166 Å². The summed E-state index contributed by atoms with van der Waals surface area (Å²) in [6, 6.07) is 37.8. The van der Waals surface area contributed by atoms with Gasteiger partial charge in [-0.1, -0.05) is 91.0 Å². The summed E-state index contributed by atoms with van der Waals surface area (Å²) < 4.78 is 49.8. The summed E-state index contributed by atoms with van der Waals surface area (Å²) in [5, 5.41) is 9.14. The molecule has 0 fully saturated rings. The van der Waals surface area contributed by atoms with E-state index in [-0.39, 0.29) is 11.9 Å². The molecule has 1 unspecified atom stereocenters. The van der Waals surface area contributed by atoms with Crippen LogP contribution in [0.2, 0.25) is 0 Å². The number of ether oxygens (including phenoxy) is 2. The van der Waals surface area contributed by atoms with Crippen LogP contribution in [0.4, 0.5) is 13.2 Å². The monoisotopic (exact) mass is 645 g/mol. The molecule has 4 nitrogen and oxygen atoms in total. The molecule has 7 heteroatoms. The van der Waals surface area contributed by atoms with E-state index in [9.17, 15) is 18.0 Å². The smallest absolute Gasteiger partial charge is 0.416 e. The van der Waals surface area contributed by atoms with E-state index in [2.05, 4.69) is 18.2 Å². The van der Waals surface area contributed by atoms with E-state index < -0.39 is 11.7 Å². The molecule has 0 bridgehead atoms. The lowest BCUT2D eigenvalue weighted by Crippen LogP contribution is -2.05. The van der Waals surface area contributed by atoms with E-state index in [1.165, 1.54) is 19.2 Å². The lowest BCUT2D eigenvalue weighted by molar-refractivity contribution is -0.137. The van der Waals surface area contributed by atoms with Gasteiger partial charge in [0.25, 0.3) is 0 Å². The highest BCUT2D eigenvalue weighted by Crippen LogP contribution is 2.31. The third-order valence-electron chi connectivity index (χ3n) is 8.12. The highest BCUT2D eigenvalue weighted by atomic mass is 19.4. The maximum absolute atomic E-state index is 12.9. The minimum absolute atomic E-state index is 0.176. The molecule has 0 aliphatic carbocycles. The molecule has 0 saturated carbocycles. The van der Waals surface area contributed by atoms with Crippen molar-refractivity contribution in [3.8, 4) is 22.9 Å². The van der Waals surface area contributed by atoms with Gasteiger partial charge in [0.05, 0.1) is 29.9 Å². The molecular weight excluding hydrogens is 611 g/mol. The van der Waals surface area contributed by atoms with Crippen molar-refractivity contribution in [1.82, 2.24) is 0 Å². The third-order valence-corrected chi connectivity index (χ3v) is 8.12. The molecule has 5 aromatic rings. The van der Waals surface area contributed by atoms with Crippen LogP contribution in [-0.4, -0.2) is 13.1 Å². The van der Waals surface area contributed by atoms with E-state index >= 15 is 0 Å². The Balaban J connectivity index is 1.27. The largest absolute Gasteiger partial charge is 0.488 e. The van der Waals surface area contributed by atoms with E-state index in [0.29, 0.717) is 23.3 Å². The first-order chi connectivity index (χ1) is 23.2. The summed E-state index contributed by atoms with van der Waals surface area (Å²) in [7, 11) is 1.37. The zero-order valence-electron chi connectivity index (χ0n) is 26.4. The van der Waals surface area contributed by atoms with Gasteiger partial charge in [0.2, 0.25) is 0 Å². The number of hydrogen-bond acceptors (Lipinski definition) is 4. The summed E-state index contributed by atoms with van der Waals surface area (Å²) >= 11 is 0. The fourth-order valence-electron chi connectivity index (χ4n) is 5.36. The van der Waals surface area contributed by atoms with Gasteiger partial charge in [-0.2, -0.15) is 18.4 Å². The molecule has 5 rings (SSSR count). The molecule has 0 aliphatic heterocycles. The van der Waals surface area contributed by atoms with Gasteiger partial charge in [0.15, 0.2) is 0 Å². The summed E-state index contributed by atoms with van der Waals surface area (Å²) in [6.07, 6.45) is 2.38. The fourth-order valence-corrected chi connectivity index (χ4v) is 5.36. The Morgan fingerprint density at radius 1 is 0.792 bits per heavy atom. The van der Waals surface area contributed by atoms with Crippen molar-refractivity contribution in [1.29, 1.82) is 5.26 Å². The first-order valence-electron chi connectivity index (χ1n) is 15.5. The van der Waals surface area contributed by atoms with Crippen molar-refractivity contribution in [2.24, 2.45) is 5.92 Å². The number of nitriles is 1. The Bertz CT molecular complexity index is 1870. The molecule has 0 heterocycles. The van der Waals surface area contributed by atoms with E-state index in [0.717, 1.165) is 65.0 Å². The SMILES string of the molecule is COC(=O)c1ccc(CC(/C=C/c2ccccc2OCc2ccc(-c3ccc(C(F)(F)F)cc3)cc2)CCc2ccc(C#N)cc2)cc1. The lowest BCUT2D eigenvalue weighted by Gasteiger charge is -2.15. The average molecular weight is 646 g/mol. The number of allylic oxidation sites excluding steroid dienone is 1. The standard InChI is InChI=1S/C41H34F3NO3/c1-47-40(46)37-20-13-31(14-21-37)26-30(9-6-29-7-10-32(27-45)11-8-29)12-19-36-4-2-3-5-39(36)48-28-33-15-17-34(18-16-33)35-22-24-38(25-23-35)41(42,43)44/h2-5,7-8,10-25,30H,6,9,26,28H2,1H3/b19-12+. The fraction of sp³-hybridized carbons (Fsp3) is 0.171. The van der Waals surface area contributed by atoms with Crippen molar-refractivity contribution in [2.45, 2.75) is 32.0 Å². The van der Waals surface area contributed by atoms with Gasteiger partial charge >= 0.3 is 12.1 Å². The summed E-state index contributed by atoms with van der Waals surface area (Å²) in [5.41, 5.74) is 6.11. The number of hydrogen-bond donors (Lipinski definition) is 0. The van der Waals surface area contributed by atoms with Crippen LogP contribution in [0.5, 0.6) is 5.75 Å². The highest BCUT2D eigenvalue weighted by molar-refractivity contribution is 5.89. The maximum atomic E-state index is 12.9. The Labute approximate surface area is 278 Å². The number of alkyl halides is 3. The number of carbonyl (C=O) groups excluding carboxylic acids is 1. The first kappa shape index (κ1) is 33.7. The second kappa shape index (κ2) is 15.8. The highest BCUT2D eigenvalue weighted by Gasteiger charge is 2.30. The topological polar surface area (TPSA) is 59.3 Å². The summed E-state index contributed by atoms with van der Waals surface area (Å²) in [5.74, 6) is 0.537. The molecule has 0 saturated heterocycles. The van der Waals surface area contributed by atoms with Crippen LogP contribution in [0.1, 0.15) is 50.2 Å². The molecule has 0 spiro atoms. The molecule has 0 radical (unpaired) electrons. The number of aryl methyl sites for hydroxylation is 1. The maximum Gasteiger partial charge on any atom is 0.416 e. The zero-order valence-corrected chi connectivity index (χ0v) is 26.4. The van der Waals surface area contributed by atoms with Gasteiger partial charge in [0, 0.05) is 5.56 Å². The zero-order chi connectivity index (χ0) is 33.9. The molecule has 5 aromatic carbocycles. The first-order valence-corrected chi connectivity index (χ1v) is 15.5. The quantitative estimate of drug-likeness (QED) is 0.127. The van der Waals surface area contributed by atoms with Gasteiger partial charge < -0.3 is 9.47 Å². The van der Waals surface area contributed by atoms with Gasteiger partial charge in [-0.15, -0.1) is 0 Å². The summed E-state index contributed by atoms with van der Waals surface area (Å²) in [4.78, 5) is 11.9. The third kappa shape index (κ3) is 9.23. The van der Waals surface area contributed by atoms with Gasteiger partial charge in [-0.3, -0.25) is 0 Å².